The number of nitrogens with one attached hydrogen (secondary N) is 1. The summed E-state index contributed by atoms with van der Waals surface area (Å²) >= 11 is 0. The number of rotatable bonds is 7. The van der Waals surface area contributed by atoms with Gasteiger partial charge in [-0.1, -0.05) is 6.92 Å². The average molecular weight is 291 g/mol. The maximum Gasteiger partial charge on any atom is 0.171 e. The first-order chi connectivity index (χ1) is 10.2. The monoisotopic (exact) mass is 291 g/mol. The third-order valence-electron chi connectivity index (χ3n) is 3.89. The largest absolute Gasteiger partial charge is 0.487 e. The van der Waals surface area contributed by atoms with Gasteiger partial charge < -0.3 is 15.0 Å². The highest BCUT2D eigenvalue weighted by Crippen LogP contribution is 2.29. The second-order valence-corrected chi connectivity index (χ2v) is 6.13. The molecule has 1 aliphatic heterocycles. The van der Waals surface area contributed by atoms with E-state index in [-0.39, 0.29) is 6.10 Å². The number of nitrogens with zero attached hydrogens (tertiary/aromatic N) is 2. The fourth-order valence-electron chi connectivity index (χ4n) is 2.80. The molecule has 1 N–H and O–H groups in total. The van der Waals surface area contributed by atoms with E-state index in [1.54, 1.807) is 0 Å². The topological polar surface area (TPSA) is 37.4 Å². The summed E-state index contributed by atoms with van der Waals surface area (Å²) in [5, 5.41) is 3.54. The summed E-state index contributed by atoms with van der Waals surface area (Å²) in [6.07, 6.45) is 5.71. The van der Waals surface area contributed by atoms with Crippen LogP contribution in [-0.2, 0) is 0 Å². The second-order valence-electron chi connectivity index (χ2n) is 6.13. The first kappa shape index (κ1) is 16.1. The Hall–Kier alpha value is -1.29. The van der Waals surface area contributed by atoms with Gasteiger partial charge in [0.05, 0.1) is 6.10 Å². The van der Waals surface area contributed by atoms with Crippen molar-refractivity contribution in [3.8, 4) is 5.75 Å². The average Bonchev–Trinajstić information content (AvgIpc) is 2.48. The molecule has 1 aromatic rings. The van der Waals surface area contributed by atoms with Crippen molar-refractivity contribution in [3.63, 3.8) is 0 Å². The molecule has 0 aliphatic carbocycles. The normalized spacial score (nSPS) is 16.5. The molecule has 0 bridgehead atoms. The van der Waals surface area contributed by atoms with E-state index in [0.717, 1.165) is 43.7 Å². The van der Waals surface area contributed by atoms with Crippen molar-refractivity contribution in [2.45, 2.75) is 46.1 Å². The summed E-state index contributed by atoms with van der Waals surface area (Å²) in [7, 11) is 0. The number of piperidine rings is 1. The summed E-state index contributed by atoms with van der Waals surface area (Å²) in [6, 6.07) is 3.97. The minimum Gasteiger partial charge on any atom is -0.487 e. The summed E-state index contributed by atoms with van der Waals surface area (Å²) in [5.74, 6) is 2.72. The minimum absolute atomic E-state index is 0.184. The van der Waals surface area contributed by atoms with Crippen LogP contribution in [0.3, 0.4) is 0 Å². The van der Waals surface area contributed by atoms with Gasteiger partial charge in [-0.05, 0) is 64.3 Å². The number of aromatic nitrogens is 1. The molecular formula is C17H29N3O. The molecule has 21 heavy (non-hydrogen) atoms. The van der Waals surface area contributed by atoms with Crippen molar-refractivity contribution in [2.75, 3.05) is 31.1 Å². The van der Waals surface area contributed by atoms with Gasteiger partial charge in [-0.2, -0.15) is 0 Å². The van der Waals surface area contributed by atoms with Crippen LogP contribution in [0.1, 0.15) is 40.0 Å². The van der Waals surface area contributed by atoms with E-state index in [9.17, 15) is 0 Å². The van der Waals surface area contributed by atoms with E-state index >= 15 is 0 Å². The molecule has 1 fully saturated rings. The van der Waals surface area contributed by atoms with Crippen molar-refractivity contribution >= 4 is 5.82 Å². The van der Waals surface area contributed by atoms with Crippen molar-refractivity contribution in [1.82, 2.24) is 10.3 Å². The first-order valence-electron chi connectivity index (χ1n) is 8.28. The maximum atomic E-state index is 5.89. The van der Waals surface area contributed by atoms with Crippen LogP contribution < -0.4 is 15.0 Å². The molecule has 1 aromatic heterocycles. The van der Waals surface area contributed by atoms with Crippen LogP contribution in [0.25, 0.3) is 0 Å². The van der Waals surface area contributed by atoms with Crippen LogP contribution in [-0.4, -0.2) is 37.3 Å². The van der Waals surface area contributed by atoms with E-state index in [1.165, 1.54) is 19.3 Å². The third-order valence-corrected chi connectivity index (χ3v) is 3.89. The first-order valence-corrected chi connectivity index (χ1v) is 8.28. The fourth-order valence-corrected chi connectivity index (χ4v) is 2.80. The fraction of sp³-hybridized carbons (Fsp3) is 0.706. The Balaban J connectivity index is 1.90. The Morgan fingerprint density at radius 1 is 1.38 bits per heavy atom. The lowest BCUT2D eigenvalue weighted by molar-refractivity contribution is 0.241. The van der Waals surface area contributed by atoms with Gasteiger partial charge in [-0.3, -0.25) is 0 Å². The molecule has 0 unspecified atom stereocenters. The third kappa shape index (κ3) is 4.88. The summed E-state index contributed by atoms with van der Waals surface area (Å²) in [5.41, 5.74) is 0. The second kappa shape index (κ2) is 8.23. The zero-order valence-electron chi connectivity index (χ0n) is 13.6. The summed E-state index contributed by atoms with van der Waals surface area (Å²) < 4.78 is 5.89. The van der Waals surface area contributed by atoms with Gasteiger partial charge in [-0.25, -0.2) is 4.98 Å². The molecule has 0 radical (unpaired) electrons. The van der Waals surface area contributed by atoms with Crippen LogP contribution in [0, 0.1) is 5.92 Å². The van der Waals surface area contributed by atoms with Gasteiger partial charge in [-0.15, -0.1) is 0 Å². The van der Waals surface area contributed by atoms with Crippen LogP contribution in [0.2, 0.25) is 0 Å². The maximum absolute atomic E-state index is 5.89. The molecule has 0 saturated carbocycles. The van der Waals surface area contributed by atoms with Gasteiger partial charge in [0.25, 0.3) is 0 Å². The zero-order valence-corrected chi connectivity index (χ0v) is 13.6. The number of hydrogen-bond acceptors (Lipinski definition) is 4. The predicted octanol–water partition coefficient (Wildman–Crippen LogP) is 3.08. The van der Waals surface area contributed by atoms with E-state index in [0.29, 0.717) is 0 Å². The van der Waals surface area contributed by atoms with Gasteiger partial charge in [0.1, 0.15) is 0 Å². The highest BCUT2D eigenvalue weighted by atomic mass is 16.5. The molecule has 2 rings (SSSR count). The molecule has 0 atom stereocenters. The molecule has 0 aromatic carbocycles. The van der Waals surface area contributed by atoms with Crippen LogP contribution in [0.15, 0.2) is 18.3 Å². The SMILES string of the molecule is CCCNCC1CCN(c2ncccc2OC(C)C)CC1. The molecule has 1 aliphatic rings. The van der Waals surface area contributed by atoms with Gasteiger partial charge in [0.15, 0.2) is 11.6 Å². The lowest BCUT2D eigenvalue weighted by atomic mass is 9.96. The van der Waals surface area contributed by atoms with Crippen molar-refractivity contribution in [2.24, 2.45) is 5.92 Å². The van der Waals surface area contributed by atoms with E-state index in [4.69, 9.17) is 4.74 Å². The van der Waals surface area contributed by atoms with Crippen molar-refractivity contribution in [3.05, 3.63) is 18.3 Å². The van der Waals surface area contributed by atoms with Gasteiger partial charge in [0, 0.05) is 19.3 Å². The van der Waals surface area contributed by atoms with Crippen molar-refractivity contribution in [1.29, 1.82) is 0 Å². The Labute approximate surface area is 128 Å². The Kier molecular flexibility index (Phi) is 6.30. The Morgan fingerprint density at radius 2 is 2.14 bits per heavy atom. The Morgan fingerprint density at radius 3 is 2.81 bits per heavy atom. The number of hydrogen-bond donors (Lipinski definition) is 1. The molecule has 2 heterocycles. The predicted molar refractivity (Wildman–Crippen MR) is 88.1 cm³/mol. The van der Waals surface area contributed by atoms with E-state index in [2.05, 4.69) is 36.0 Å². The molecule has 0 amide bonds. The highest BCUT2D eigenvalue weighted by Gasteiger charge is 2.22. The number of anilines is 1. The van der Waals surface area contributed by atoms with E-state index < -0.39 is 0 Å². The Bertz CT molecular complexity index is 414. The van der Waals surface area contributed by atoms with Crippen LogP contribution in [0.5, 0.6) is 5.75 Å². The van der Waals surface area contributed by atoms with Gasteiger partial charge in [0.2, 0.25) is 0 Å². The lowest BCUT2D eigenvalue weighted by Gasteiger charge is -2.33. The standard InChI is InChI=1S/C17H29N3O/c1-4-9-18-13-15-7-11-20(12-8-15)17-16(21-14(2)3)6-5-10-19-17/h5-6,10,14-15,18H,4,7-9,11-13H2,1-3H3. The quantitative estimate of drug-likeness (QED) is 0.783. The minimum atomic E-state index is 0.184. The molecule has 4 nitrogen and oxygen atoms in total. The van der Waals surface area contributed by atoms with Crippen LogP contribution >= 0.6 is 0 Å². The lowest BCUT2D eigenvalue weighted by Crippen LogP contribution is -2.38. The summed E-state index contributed by atoms with van der Waals surface area (Å²) in [6.45, 7) is 10.8. The zero-order chi connectivity index (χ0) is 15.1. The molecular weight excluding hydrogens is 262 g/mol. The molecule has 0 spiro atoms. The number of ether oxygens (including phenoxy) is 1. The van der Waals surface area contributed by atoms with Gasteiger partial charge >= 0.3 is 0 Å². The molecule has 1 saturated heterocycles. The molecule has 4 heteroatoms. The van der Waals surface area contributed by atoms with Crippen LogP contribution in [0.4, 0.5) is 5.82 Å². The molecule has 118 valence electrons. The summed E-state index contributed by atoms with van der Waals surface area (Å²) in [4.78, 5) is 6.91. The highest BCUT2D eigenvalue weighted by molar-refractivity contribution is 5.52. The van der Waals surface area contributed by atoms with E-state index in [1.807, 2.05) is 18.3 Å². The van der Waals surface area contributed by atoms with Crippen molar-refractivity contribution < 1.29 is 4.74 Å². The number of pyridine rings is 1. The smallest absolute Gasteiger partial charge is 0.171 e.